The maximum absolute atomic E-state index is 13.0. The highest BCUT2D eigenvalue weighted by Gasteiger charge is 2.27. The molecule has 0 spiro atoms. The predicted octanol–water partition coefficient (Wildman–Crippen LogP) is 3.51. The van der Waals surface area contributed by atoms with Crippen molar-refractivity contribution < 1.29 is 19.1 Å². The maximum atomic E-state index is 13.0. The number of hydrogen-bond donors (Lipinski definition) is 1. The van der Waals surface area contributed by atoms with E-state index in [4.69, 9.17) is 16.3 Å². The molecule has 152 valence electrons. The summed E-state index contributed by atoms with van der Waals surface area (Å²) in [5.41, 5.74) is 1.23. The number of carbonyl (C=O) groups is 3. The second-order valence-electron chi connectivity index (χ2n) is 6.49. The fraction of sp³-hybridized carbons (Fsp3) is 0.286. The average molecular weight is 416 g/mol. The van der Waals surface area contributed by atoms with Gasteiger partial charge in [0.05, 0.1) is 17.9 Å². The van der Waals surface area contributed by atoms with E-state index >= 15 is 0 Å². The first-order chi connectivity index (χ1) is 14.0. The molecule has 1 fully saturated rings. The van der Waals surface area contributed by atoms with Crippen molar-refractivity contribution in [3.63, 3.8) is 0 Å². The SMILES string of the molecule is CCOC(=O)N1CCN(C(=O)c2ccccc2NC(=O)c2cccc(Cl)c2)CC1. The van der Waals surface area contributed by atoms with Crippen LogP contribution in [0.4, 0.5) is 10.5 Å². The number of halogens is 1. The van der Waals surface area contributed by atoms with E-state index in [1.165, 1.54) is 0 Å². The fourth-order valence-electron chi connectivity index (χ4n) is 3.08. The van der Waals surface area contributed by atoms with Gasteiger partial charge in [0.25, 0.3) is 11.8 Å². The van der Waals surface area contributed by atoms with Crippen LogP contribution < -0.4 is 5.32 Å². The number of para-hydroxylation sites is 1. The number of amides is 3. The van der Waals surface area contributed by atoms with Crippen molar-refractivity contribution in [2.24, 2.45) is 0 Å². The molecule has 1 aliphatic heterocycles. The Morgan fingerprint density at radius 1 is 1.00 bits per heavy atom. The standard InChI is InChI=1S/C21H22ClN3O4/c1-2-29-21(28)25-12-10-24(11-13-25)20(27)17-8-3-4-9-18(17)23-19(26)15-6-5-7-16(22)14-15/h3-9,14H,2,10-13H2,1H3,(H,23,26). The van der Waals surface area contributed by atoms with Gasteiger partial charge in [0.15, 0.2) is 0 Å². The molecule has 1 heterocycles. The van der Waals surface area contributed by atoms with E-state index in [0.29, 0.717) is 54.6 Å². The highest BCUT2D eigenvalue weighted by Crippen LogP contribution is 2.20. The number of hydrogen-bond acceptors (Lipinski definition) is 4. The topological polar surface area (TPSA) is 79.0 Å². The van der Waals surface area contributed by atoms with Gasteiger partial charge in [0, 0.05) is 36.8 Å². The molecule has 1 saturated heterocycles. The lowest BCUT2D eigenvalue weighted by Crippen LogP contribution is -2.50. The van der Waals surface area contributed by atoms with Crippen molar-refractivity contribution in [1.29, 1.82) is 0 Å². The van der Waals surface area contributed by atoms with Crippen LogP contribution in [0.2, 0.25) is 5.02 Å². The Morgan fingerprint density at radius 2 is 1.69 bits per heavy atom. The minimum atomic E-state index is -0.367. The maximum Gasteiger partial charge on any atom is 0.409 e. The number of rotatable bonds is 4. The van der Waals surface area contributed by atoms with Crippen molar-refractivity contribution in [3.8, 4) is 0 Å². The second kappa shape index (κ2) is 9.43. The first-order valence-electron chi connectivity index (χ1n) is 9.36. The summed E-state index contributed by atoms with van der Waals surface area (Å²) >= 11 is 5.95. The van der Waals surface area contributed by atoms with Crippen LogP contribution in [-0.2, 0) is 4.74 Å². The van der Waals surface area contributed by atoms with Crippen LogP contribution in [0.25, 0.3) is 0 Å². The summed E-state index contributed by atoms with van der Waals surface area (Å²) in [5, 5.41) is 3.25. The highest BCUT2D eigenvalue weighted by molar-refractivity contribution is 6.31. The van der Waals surface area contributed by atoms with Crippen LogP contribution in [0.3, 0.4) is 0 Å². The van der Waals surface area contributed by atoms with Gasteiger partial charge in [0.2, 0.25) is 0 Å². The molecule has 8 heteroatoms. The van der Waals surface area contributed by atoms with E-state index in [9.17, 15) is 14.4 Å². The lowest BCUT2D eigenvalue weighted by Gasteiger charge is -2.34. The predicted molar refractivity (Wildman–Crippen MR) is 110 cm³/mol. The zero-order valence-electron chi connectivity index (χ0n) is 16.1. The van der Waals surface area contributed by atoms with Gasteiger partial charge in [-0.1, -0.05) is 29.8 Å². The Kier molecular flexibility index (Phi) is 6.72. The summed E-state index contributed by atoms with van der Waals surface area (Å²) in [5.74, 6) is -0.546. The van der Waals surface area contributed by atoms with Gasteiger partial charge in [-0.05, 0) is 37.3 Å². The first-order valence-corrected chi connectivity index (χ1v) is 9.74. The molecule has 1 aliphatic rings. The largest absolute Gasteiger partial charge is 0.450 e. The summed E-state index contributed by atoms with van der Waals surface area (Å²) < 4.78 is 5.00. The van der Waals surface area contributed by atoms with E-state index in [-0.39, 0.29) is 17.9 Å². The molecule has 0 unspecified atom stereocenters. The van der Waals surface area contributed by atoms with Crippen LogP contribution in [0.5, 0.6) is 0 Å². The van der Waals surface area contributed by atoms with Crippen molar-refractivity contribution in [2.45, 2.75) is 6.92 Å². The van der Waals surface area contributed by atoms with E-state index in [1.807, 2.05) is 0 Å². The van der Waals surface area contributed by atoms with Crippen molar-refractivity contribution in [2.75, 3.05) is 38.1 Å². The molecule has 0 radical (unpaired) electrons. The van der Waals surface area contributed by atoms with E-state index < -0.39 is 0 Å². The molecule has 2 aromatic carbocycles. The summed E-state index contributed by atoms with van der Waals surface area (Å²) in [6.07, 6.45) is -0.367. The summed E-state index contributed by atoms with van der Waals surface area (Å²) in [6.45, 7) is 3.68. The van der Waals surface area contributed by atoms with Crippen LogP contribution in [0.1, 0.15) is 27.6 Å². The molecule has 0 aliphatic carbocycles. The molecule has 3 rings (SSSR count). The number of piperazine rings is 1. The van der Waals surface area contributed by atoms with Crippen LogP contribution in [-0.4, -0.2) is 60.5 Å². The number of anilines is 1. The number of nitrogens with zero attached hydrogens (tertiary/aromatic N) is 2. The van der Waals surface area contributed by atoms with E-state index in [1.54, 1.807) is 65.3 Å². The number of carbonyl (C=O) groups excluding carboxylic acids is 3. The molecule has 0 atom stereocenters. The summed E-state index contributed by atoms with van der Waals surface area (Å²) in [6, 6.07) is 13.5. The molecule has 0 aromatic heterocycles. The number of ether oxygens (including phenoxy) is 1. The second-order valence-corrected chi connectivity index (χ2v) is 6.92. The van der Waals surface area contributed by atoms with Gasteiger partial charge in [-0.15, -0.1) is 0 Å². The molecule has 3 amide bonds. The Morgan fingerprint density at radius 3 is 2.38 bits per heavy atom. The van der Waals surface area contributed by atoms with Crippen LogP contribution in [0.15, 0.2) is 48.5 Å². The molecule has 0 bridgehead atoms. The molecule has 2 aromatic rings. The van der Waals surface area contributed by atoms with E-state index in [2.05, 4.69) is 5.32 Å². The smallest absolute Gasteiger partial charge is 0.409 e. The fourth-order valence-corrected chi connectivity index (χ4v) is 3.27. The Labute approximate surface area is 174 Å². The minimum Gasteiger partial charge on any atom is -0.450 e. The summed E-state index contributed by atoms with van der Waals surface area (Å²) in [4.78, 5) is 40.6. The van der Waals surface area contributed by atoms with Gasteiger partial charge < -0.3 is 19.9 Å². The third-order valence-corrected chi connectivity index (χ3v) is 4.82. The zero-order chi connectivity index (χ0) is 20.8. The van der Waals surface area contributed by atoms with Crippen molar-refractivity contribution in [1.82, 2.24) is 9.80 Å². The molecular weight excluding hydrogens is 394 g/mol. The first kappa shape index (κ1) is 20.7. The Balaban J connectivity index is 1.69. The summed E-state index contributed by atoms with van der Waals surface area (Å²) in [7, 11) is 0. The normalized spacial score (nSPS) is 13.7. The molecular formula is C21H22ClN3O4. The quantitative estimate of drug-likeness (QED) is 0.828. The van der Waals surface area contributed by atoms with Gasteiger partial charge in [-0.25, -0.2) is 4.79 Å². The zero-order valence-corrected chi connectivity index (χ0v) is 16.8. The molecule has 7 nitrogen and oxygen atoms in total. The molecule has 0 saturated carbocycles. The van der Waals surface area contributed by atoms with Crippen molar-refractivity contribution in [3.05, 3.63) is 64.7 Å². The monoisotopic (exact) mass is 415 g/mol. The molecule has 1 N–H and O–H groups in total. The van der Waals surface area contributed by atoms with Gasteiger partial charge in [-0.2, -0.15) is 0 Å². The van der Waals surface area contributed by atoms with E-state index in [0.717, 1.165) is 0 Å². The van der Waals surface area contributed by atoms with Gasteiger partial charge in [-0.3, -0.25) is 9.59 Å². The molecule has 29 heavy (non-hydrogen) atoms. The van der Waals surface area contributed by atoms with Gasteiger partial charge in [0.1, 0.15) is 0 Å². The number of benzene rings is 2. The third kappa shape index (κ3) is 5.06. The van der Waals surface area contributed by atoms with Crippen LogP contribution >= 0.6 is 11.6 Å². The Hall–Kier alpha value is -3.06. The number of nitrogens with one attached hydrogen (secondary N) is 1. The van der Waals surface area contributed by atoms with Crippen LogP contribution in [0, 0.1) is 0 Å². The van der Waals surface area contributed by atoms with Gasteiger partial charge >= 0.3 is 6.09 Å². The third-order valence-electron chi connectivity index (χ3n) is 4.59. The lowest BCUT2D eigenvalue weighted by molar-refractivity contribution is 0.0571. The minimum absolute atomic E-state index is 0.199. The van der Waals surface area contributed by atoms with Crippen molar-refractivity contribution >= 4 is 35.2 Å². The Bertz CT molecular complexity index is 910. The lowest BCUT2D eigenvalue weighted by atomic mass is 10.1. The average Bonchev–Trinajstić information content (AvgIpc) is 2.74. The highest BCUT2D eigenvalue weighted by atomic mass is 35.5.